The highest BCUT2D eigenvalue weighted by atomic mass is 35.5. The second kappa shape index (κ2) is 11.3. The Morgan fingerprint density at radius 1 is 1.00 bits per heavy atom. The number of hydrogen-bond donors (Lipinski definition) is 1. The van der Waals surface area contributed by atoms with E-state index in [1.807, 2.05) is 50.2 Å². The molecule has 2 heterocycles. The number of anilines is 1. The highest BCUT2D eigenvalue weighted by Gasteiger charge is 2.24. The fourth-order valence-corrected chi connectivity index (χ4v) is 6.48. The molecule has 1 amide bonds. The summed E-state index contributed by atoms with van der Waals surface area (Å²) >= 11 is 14.2. The number of thiophene rings is 1. The first-order valence-corrected chi connectivity index (χ1v) is 14.1. The van der Waals surface area contributed by atoms with Crippen LogP contribution in [-0.2, 0) is 12.8 Å². The second-order valence-electron chi connectivity index (χ2n) is 9.49. The van der Waals surface area contributed by atoms with Gasteiger partial charge in [0.1, 0.15) is 16.5 Å². The summed E-state index contributed by atoms with van der Waals surface area (Å²) in [6.07, 6.45) is 8.19. The van der Waals surface area contributed by atoms with Crippen molar-refractivity contribution in [3.63, 3.8) is 0 Å². The molecule has 4 nitrogen and oxygen atoms in total. The molecule has 190 valence electrons. The quantitative estimate of drug-likeness (QED) is 0.251. The number of carbonyl (C=O) groups excluding carboxylic acids is 1. The molecule has 0 atom stereocenters. The summed E-state index contributed by atoms with van der Waals surface area (Å²) in [7, 11) is 0. The van der Waals surface area contributed by atoms with Gasteiger partial charge in [-0.2, -0.15) is 0 Å². The van der Waals surface area contributed by atoms with Crippen molar-refractivity contribution in [1.29, 1.82) is 0 Å². The van der Waals surface area contributed by atoms with Crippen LogP contribution in [0, 0.1) is 13.8 Å². The van der Waals surface area contributed by atoms with Gasteiger partial charge in [0.05, 0.1) is 21.8 Å². The molecular formula is C30H28Cl2N2O2S. The third-order valence-corrected chi connectivity index (χ3v) is 8.53. The standard InChI is InChI=1S/C30H28Cl2N2O2S/c1-18-14-19(2)16-20(15-18)34-29(35)27-23-8-5-3-4-6-11-26(23)37-30(27)33-17-21-12-13-25(36-21)22-9-7-10-24(31)28(22)32/h7,9-10,12-17H,3-6,8,11H2,1-2H3,(H,34,35). The molecule has 0 saturated carbocycles. The summed E-state index contributed by atoms with van der Waals surface area (Å²) < 4.78 is 6.00. The zero-order valence-electron chi connectivity index (χ0n) is 20.9. The van der Waals surface area contributed by atoms with E-state index in [1.165, 1.54) is 17.7 Å². The fraction of sp³-hybridized carbons (Fsp3) is 0.267. The maximum absolute atomic E-state index is 13.6. The zero-order valence-corrected chi connectivity index (χ0v) is 23.2. The smallest absolute Gasteiger partial charge is 0.259 e. The average Bonchev–Trinajstić information content (AvgIpc) is 3.43. The number of aliphatic imine (C=N–C) groups is 1. The number of aryl methyl sites for hydroxylation is 3. The van der Waals surface area contributed by atoms with Gasteiger partial charge in [-0.3, -0.25) is 4.79 Å². The molecule has 2 aromatic carbocycles. The number of benzene rings is 2. The number of nitrogens with one attached hydrogen (secondary N) is 1. The van der Waals surface area contributed by atoms with Gasteiger partial charge in [0, 0.05) is 16.1 Å². The Labute approximate surface area is 231 Å². The summed E-state index contributed by atoms with van der Waals surface area (Å²) in [6, 6.07) is 15.2. The predicted octanol–water partition coefficient (Wildman–Crippen LogP) is 9.59. The van der Waals surface area contributed by atoms with Gasteiger partial charge in [0.2, 0.25) is 0 Å². The van der Waals surface area contributed by atoms with E-state index in [9.17, 15) is 4.79 Å². The van der Waals surface area contributed by atoms with Crippen molar-refractivity contribution in [2.75, 3.05) is 5.32 Å². The molecule has 0 saturated heterocycles. The monoisotopic (exact) mass is 550 g/mol. The van der Waals surface area contributed by atoms with Crippen molar-refractivity contribution in [2.24, 2.45) is 4.99 Å². The van der Waals surface area contributed by atoms with Crippen LogP contribution < -0.4 is 5.32 Å². The number of halogens is 2. The van der Waals surface area contributed by atoms with Crippen molar-refractivity contribution in [3.8, 4) is 11.3 Å². The lowest BCUT2D eigenvalue weighted by Gasteiger charge is -2.12. The third kappa shape index (κ3) is 5.85. The van der Waals surface area contributed by atoms with E-state index < -0.39 is 0 Å². The topological polar surface area (TPSA) is 54.6 Å². The summed E-state index contributed by atoms with van der Waals surface area (Å²) in [4.78, 5) is 19.7. The Morgan fingerprint density at radius 2 is 1.76 bits per heavy atom. The molecule has 0 unspecified atom stereocenters. The molecule has 0 radical (unpaired) electrons. The lowest BCUT2D eigenvalue weighted by Crippen LogP contribution is -2.14. The van der Waals surface area contributed by atoms with Crippen LogP contribution in [0.2, 0.25) is 10.0 Å². The molecule has 1 aliphatic carbocycles. The highest BCUT2D eigenvalue weighted by Crippen LogP contribution is 2.40. The van der Waals surface area contributed by atoms with E-state index in [4.69, 9.17) is 32.6 Å². The van der Waals surface area contributed by atoms with Crippen LogP contribution in [0.15, 0.2) is 57.9 Å². The van der Waals surface area contributed by atoms with E-state index in [0.29, 0.717) is 32.1 Å². The van der Waals surface area contributed by atoms with Crippen LogP contribution in [0.4, 0.5) is 10.7 Å². The van der Waals surface area contributed by atoms with Crippen LogP contribution >= 0.6 is 34.5 Å². The first kappa shape index (κ1) is 25.8. The van der Waals surface area contributed by atoms with Crippen LogP contribution in [0.25, 0.3) is 11.3 Å². The molecule has 0 aliphatic heterocycles. The molecule has 4 aromatic rings. The molecule has 5 rings (SSSR count). The van der Waals surface area contributed by atoms with E-state index in [0.717, 1.165) is 53.6 Å². The molecule has 0 spiro atoms. The Balaban J connectivity index is 1.48. The molecule has 0 bridgehead atoms. The van der Waals surface area contributed by atoms with Gasteiger partial charge in [-0.05, 0) is 92.6 Å². The summed E-state index contributed by atoms with van der Waals surface area (Å²) in [6.45, 7) is 4.07. The van der Waals surface area contributed by atoms with E-state index in [1.54, 1.807) is 23.6 Å². The van der Waals surface area contributed by atoms with Gasteiger partial charge in [0.25, 0.3) is 5.91 Å². The number of furan rings is 1. The average molecular weight is 552 g/mol. The number of fused-ring (bicyclic) bond motifs is 1. The third-order valence-electron chi connectivity index (χ3n) is 6.51. The number of nitrogens with zero attached hydrogens (tertiary/aromatic N) is 1. The van der Waals surface area contributed by atoms with Crippen LogP contribution in [0.3, 0.4) is 0 Å². The highest BCUT2D eigenvalue weighted by molar-refractivity contribution is 7.16. The van der Waals surface area contributed by atoms with Crippen molar-refractivity contribution >= 4 is 57.3 Å². The van der Waals surface area contributed by atoms with E-state index >= 15 is 0 Å². The Morgan fingerprint density at radius 3 is 2.54 bits per heavy atom. The summed E-state index contributed by atoms with van der Waals surface area (Å²) in [5.41, 5.74) is 5.58. The minimum atomic E-state index is -0.110. The van der Waals surface area contributed by atoms with Gasteiger partial charge in [-0.15, -0.1) is 11.3 Å². The van der Waals surface area contributed by atoms with Crippen LogP contribution in [0.5, 0.6) is 0 Å². The second-order valence-corrected chi connectivity index (χ2v) is 11.4. The summed E-state index contributed by atoms with van der Waals surface area (Å²) in [5.74, 6) is 1.08. The fourth-order valence-electron chi connectivity index (χ4n) is 4.85. The van der Waals surface area contributed by atoms with Gasteiger partial charge < -0.3 is 9.73 Å². The van der Waals surface area contributed by atoms with Gasteiger partial charge >= 0.3 is 0 Å². The first-order chi connectivity index (χ1) is 17.9. The van der Waals surface area contributed by atoms with Gasteiger partial charge in [-0.1, -0.05) is 48.2 Å². The molecule has 7 heteroatoms. The summed E-state index contributed by atoms with van der Waals surface area (Å²) in [5, 5.41) is 4.77. The van der Waals surface area contributed by atoms with Gasteiger partial charge in [0.15, 0.2) is 0 Å². The molecule has 2 aromatic heterocycles. The Kier molecular flexibility index (Phi) is 7.84. The molecule has 1 aliphatic rings. The van der Waals surface area contributed by atoms with Crippen LogP contribution in [0.1, 0.15) is 63.4 Å². The van der Waals surface area contributed by atoms with Gasteiger partial charge in [-0.25, -0.2) is 4.99 Å². The minimum Gasteiger partial charge on any atom is -0.455 e. The molecule has 1 N–H and O–H groups in total. The van der Waals surface area contributed by atoms with E-state index in [2.05, 4.69) is 11.4 Å². The van der Waals surface area contributed by atoms with Crippen molar-refractivity contribution in [3.05, 3.63) is 91.5 Å². The van der Waals surface area contributed by atoms with Crippen molar-refractivity contribution in [2.45, 2.75) is 52.4 Å². The van der Waals surface area contributed by atoms with E-state index in [-0.39, 0.29) is 5.91 Å². The largest absolute Gasteiger partial charge is 0.455 e. The van der Waals surface area contributed by atoms with Crippen molar-refractivity contribution in [1.82, 2.24) is 0 Å². The SMILES string of the molecule is Cc1cc(C)cc(NC(=O)c2c(N=Cc3ccc(-c4cccc(Cl)c4Cl)o3)sc3c2CCCCCC3)c1. The normalized spacial score (nSPS) is 13.8. The first-order valence-electron chi connectivity index (χ1n) is 12.5. The number of amides is 1. The molecule has 0 fully saturated rings. The maximum Gasteiger partial charge on any atom is 0.259 e. The zero-order chi connectivity index (χ0) is 25.9. The lowest BCUT2D eigenvalue weighted by molar-refractivity contribution is 0.102. The number of rotatable bonds is 5. The maximum atomic E-state index is 13.6. The predicted molar refractivity (Wildman–Crippen MR) is 155 cm³/mol. The van der Waals surface area contributed by atoms with Crippen LogP contribution in [-0.4, -0.2) is 12.1 Å². The minimum absolute atomic E-state index is 0.110. The lowest BCUT2D eigenvalue weighted by atomic mass is 9.96. The van der Waals surface area contributed by atoms with Crippen molar-refractivity contribution < 1.29 is 9.21 Å². The number of hydrogen-bond acceptors (Lipinski definition) is 4. The number of carbonyl (C=O) groups is 1. The molecular weight excluding hydrogens is 523 g/mol. The Bertz CT molecular complexity index is 1460. The molecule has 37 heavy (non-hydrogen) atoms. The Hall–Kier alpha value is -2.86.